The maximum atomic E-state index is 5.72. The second-order valence-electron chi connectivity index (χ2n) is 3.31. The maximum Gasteiger partial charge on any atom is 0.215 e. The Hall–Kier alpha value is -1.83. The number of aliphatic imine (C=N–C) groups is 1. The Morgan fingerprint density at radius 2 is 2.14 bits per heavy atom. The molecule has 2 nitrogen and oxygen atoms in total. The summed E-state index contributed by atoms with van der Waals surface area (Å²) in [5.41, 5.74) is 2.24. The van der Waals surface area contributed by atoms with Crippen molar-refractivity contribution in [2.45, 2.75) is 6.23 Å². The van der Waals surface area contributed by atoms with Crippen molar-refractivity contribution >= 4 is 12.3 Å². The lowest BCUT2D eigenvalue weighted by atomic mass is 10.0. The molecule has 14 heavy (non-hydrogen) atoms. The van der Waals surface area contributed by atoms with Gasteiger partial charge in [0.15, 0.2) is 0 Å². The molecule has 1 atom stereocenters. The van der Waals surface area contributed by atoms with Crippen LogP contribution in [0.25, 0.3) is 6.08 Å². The number of dihydropyridines is 1. The first kappa shape index (κ1) is 7.56. The van der Waals surface area contributed by atoms with Gasteiger partial charge in [0.05, 0.1) is 0 Å². The molecule has 2 aliphatic rings. The van der Waals surface area contributed by atoms with E-state index in [0.29, 0.717) is 0 Å². The molecule has 0 aliphatic carbocycles. The van der Waals surface area contributed by atoms with Crippen molar-refractivity contribution in [3.05, 3.63) is 47.6 Å². The zero-order chi connectivity index (χ0) is 9.38. The monoisotopic (exact) mass is 183 g/mol. The lowest BCUT2D eigenvalue weighted by Crippen LogP contribution is -2.21. The van der Waals surface area contributed by atoms with Crippen LogP contribution in [0.15, 0.2) is 47.0 Å². The molecule has 1 aromatic carbocycles. The molecule has 2 aliphatic heterocycles. The highest BCUT2D eigenvalue weighted by Crippen LogP contribution is 2.30. The van der Waals surface area contributed by atoms with Crippen LogP contribution in [0.4, 0.5) is 0 Å². The third-order valence-electron chi connectivity index (χ3n) is 2.36. The smallest absolute Gasteiger partial charge is 0.215 e. The predicted octanol–water partition coefficient (Wildman–Crippen LogP) is 2.43. The number of para-hydroxylation sites is 1. The van der Waals surface area contributed by atoms with E-state index in [1.54, 1.807) is 6.21 Å². The molecule has 0 spiro atoms. The summed E-state index contributed by atoms with van der Waals surface area (Å²) in [7, 11) is 0. The van der Waals surface area contributed by atoms with Crippen molar-refractivity contribution in [2.75, 3.05) is 0 Å². The second-order valence-corrected chi connectivity index (χ2v) is 3.31. The van der Waals surface area contributed by atoms with Crippen molar-refractivity contribution in [3.8, 4) is 5.75 Å². The highest BCUT2D eigenvalue weighted by molar-refractivity contribution is 5.77. The van der Waals surface area contributed by atoms with Gasteiger partial charge in [-0.3, -0.25) is 0 Å². The van der Waals surface area contributed by atoms with Crippen LogP contribution in [0.3, 0.4) is 0 Å². The minimum Gasteiger partial charge on any atom is -0.464 e. The molecular weight excluding hydrogens is 174 g/mol. The molecule has 0 saturated heterocycles. The standard InChI is InChI=1S/C12H9NO/c1-2-6-11-9(4-1)8-10-5-3-7-13-12(10)14-11/h1-8,12H. The third kappa shape index (κ3) is 1.08. The highest BCUT2D eigenvalue weighted by atomic mass is 16.5. The molecule has 0 amide bonds. The van der Waals surface area contributed by atoms with E-state index >= 15 is 0 Å². The number of fused-ring (bicyclic) bond motifs is 2. The number of benzene rings is 1. The minimum absolute atomic E-state index is 0.144. The Kier molecular flexibility index (Phi) is 1.53. The molecule has 0 fully saturated rings. The largest absolute Gasteiger partial charge is 0.464 e. The van der Waals surface area contributed by atoms with Gasteiger partial charge in [-0.1, -0.05) is 24.3 Å². The van der Waals surface area contributed by atoms with E-state index in [4.69, 9.17) is 4.74 Å². The summed E-state index contributed by atoms with van der Waals surface area (Å²) >= 11 is 0. The Bertz CT molecular complexity index is 457. The fraction of sp³-hybridized carbons (Fsp3) is 0.0833. The number of hydrogen-bond acceptors (Lipinski definition) is 2. The minimum atomic E-state index is -0.144. The lowest BCUT2D eigenvalue weighted by molar-refractivity contribution is 0.247. The average molecular weight is 183 g/mol. The quantitative estimate of drug-likeness (QED) is 0.605. The molecule has 2 heterocycles. The summed E-state index contributed by atoms with van der Waals surface area (Å²) in [6, 6.07) is 8.00. The number of allylic oxidation sites excluding steroid dienone is 1. The van der Waals surface area contributed by atoms with Gasteiger partial charge in [0.2, 0.25) is 6.23 Å². The SMILES string of the molecule is C1=CC2=Cc3ccccc3OC2N=C1. The summed E-state index contributed by atoms with van der Waals surface area (Å²) in [5.74, 6) is 0.911. The Morgan fingerprint density at radius 1 is 1.21 bits per heavy atom. The zero-order valence-electron chi connectivity index (χ0n) is 7.55. The highest BCUT2D eigenvalue weighted by Gasteiger charge is 2.20. The summed E-state index contributed by atoms with van der Waals surface area (Å²) in [5, 5.41) is 0. The van der Waals surface area contributed by atoms with Gasteiger partial charge >= 0.3 is 0 Å². The van der Waals surface area contributed by atoms with E-state index in [2.05, 4.69) is 11.1 Å². The van der Waals surface area contributed by atoms with Gasteiger partial charge in [-0.25, -0.2) is 4.99 Å². The molecule has 0 saturated carbocycles. The number of nitrogens with zero attached hydrogens (tertiary/aromatic N) is 1. The van der Waals surface area contributed by atoms with Crippen molar-refractivity contribution in [3.63, 3.8) is 0 Å². The topological polar surface area (TPSA) is 21.6 Å². The van der Waals surface area contributed by atoms with Crippen LogP contribution in [0, 0.1) is 0 Å². The molecule has 1 unspecified atom stereocenters. The van der Waals surface area contributed by atoms with E-state index < -0.39 is 0 Å². The van der Waals surface area contributed by atoms with Crippen LogP contribution in [0.5, 0.6) is 5.75 Å². The maximum absolute atomic E-state index is 5.72. The third-order valence-corrected chi connectivity index (χ3v) is 2.36. The Labute approximate surface area is 82.2 Å². The van der Waals surface area contributed by atoms with E-state index in [9.17, 15) is 0 Å². The van der Waals surface area contributed by atoms with E-state index in [-0.39, 0.29) is 6.23 Å². The van der Waals surface area contributed by atoms with E-state index in [1.807, 2.05) is 36.4 Å². The lowest BCUT2D eigenvalue weighted by Gasteiger charge is -2.23. The van der Waals surface area contributed by atoms with Crippen LogP contribution in [-0.2, 0) is 0 Å². The first-order valence-electron chi connectivity index (χ1n) is 4.60. The van der Waals surface area contributed by atoms with E-state index in [1.165, 1.54) is 0 Å². The normalized spacial score (nSPS) is 22.0. The Morgan fingerprint density at radius 3 is 3.14 bits per heavy atom. The molecule has 2 heteroatoms. The first-order valence-corrected chi connectivity index (χ1v) is 4.60. The van der Waals surface area contributed by atoms with Gasteiger partial charge in [0.25, 0.3) is 0 Å². The summed E-state index contributed by atoms with van der Waals surface area (Å²) in [6.45, 7) is 0. The van der Waals surface area contributed by atoms with Crippen molar-refractivity contribution in [2.24, 2.45) is 4.99 Å². The molecule has 3 rings (SSSR count). The molecular formula is C12H9NO. The molecule has 0 bridgehead atoms. The number of ether oxygens (including phenoxy) is 1. The zero-order valence-corrected chi connectivity index (χ0v) is 7.55. The van der Waals surface area contributed by atoms with Crippen LogP contribution in [0.1, 0.15) is 5.56 Å². The fourth-order valence-corrected chi connectivity index (χ4v) is 1.68. The molecule has 0 N–H and O–H groups in total. The number of hydrogen-bond donors (Lipinski definition) is 0. The van der Waals surface area contributed by atoms with Gasteiger partial charge in [0, 0.05) is 17.4 Å². The van der Waals surface area contributed by atoms with Crippen molar-refractivity contribution in [1.29, 1.82) is 0 Å². The van der Waals surface area contributed by atoms with Crippen LogP contribution < -0.4 is 4.74 Å². The molecule has 0 aromatic heterocycles. The second kappa shape index (κ2) is 2.84. The average Bonchev–Trinajstić information content (AvgIpc) is 2.26. The molecule has 1 aromatic rings. The van der Waals surface area contributed by atoms with Crippen LogP contribution >= 0.6 is 0 Å². The molecule has 68 valence electrons. The summed E-state index contributed by atoms with van der Waals surface area (Å²) < 4.78 is 5.72. The van der Waals surface area contributed by atoms with Gasteiger partial charge in [0.1, 0.15) is 5.75 Å². The van der Waals surface area contributed by atoms with Gasteiger partial charge in [-0.2, -0.15) is 0 Å². The van der Waals surface area contributed by atoms with Gasteiger partial charge in [-0.05, 0) is 18.2 Å². The van der Waals surface area contributed by atoms with E-state index in [0.717, 1.165) is 16.9 Å². The summed E-state index contributed by atoms with van der Waals surface area (Å²) in [4.78, 5) is 4.25. The predicted molar refractivity (Wildman–Crippen MR) is 56.5 cm³/mol. The van der Waals surface area contributed by atoms with Crippen molar-refractivity contribution < 1.29 is 4.74 Å². The summed E-state index contributed by atoms with van der Waals surface area (Å²) in [6.07, 6.45) is 7.72. The van der Waals surface area contributed by atoms with Crippen molar-refractivity contribution in [1.82, 2.24) is 0 Å². The first-order chi connectivity index (χ1) is 6.93. The van der Waals surface area contributed by atoms with Crippen LogP contribution in [-0.4, -0.2) is 12.4 Å². The van der Waals surface area contributed by atoms with Gasteiger partial charge in [-0.15, -0.1) is 0 Å². The van der Waals surface area contributed by atoms with Crippen LogP contribution in [0.2, 0.25) is 0 Å². The number of rotatable bonds is 0. The molecule has 0 radical (unpaired) electrons. The fourth-order valence-electron chi connectivity index (χ4n) is 1.68. The van der Waals surface area contributed by atoms with Gasteiger partial charge < -0.3 is 4.74 Å². The Balaban J connectivity index is 2.13.